The molecule has 2 amide bonds. The van der Waals surface area contributed by atoms with Crippen LogP contribution in [-0.4, -0.2) is 32.3 Å². The smallest absolute Gasteiger partial charge is 0.234 e. The molecule has 0 saturated carbocycles. The third-order valence-corrected chi connectivity index (χ3v) is 5.86. The summed E-state index contributed by atoms with van der Waals surface area (Å²) in [6.07, 6.45) is 0.0612. The van der Waals surface area contributed by atoms with Crippen molar-refractivity contribution in [3.05, 3.63) is 64.7 Å². The minimum absolute atomic E-state index is 0.0612. The lowest BCUT2D eigenvalue weighted by Gasteiger charge is -2.09. The van der Waals surface area contributed by atoms with Gasteiger partial charge in [0.15, 0.2) is 5.16 Å². The topological polar surface area (TPSA) is 88.9 Å². The van der Waals surface area contributed by atoms with Gasteiger partial charge in [-0.2, -0.15) is 0 Å². The number of thioether (sulfide) groups is 1. The van der Waals surface area contributed by atoms with E-state index < -0.39 is 5.82 Å². The Morgan fingerprint density at radius 1 is 0.968 bits per heavy atom. The Balaban J connectivity index is 1.55. The standard InChI is InChI=1S/C22H24FN5O2S/c1-13-6-8-17(9-15(13)3)24-20(29)11-19-26-27-22(28(19)4)31-12-21(30)25-18-10-16(23)7-5-14(18)2/h5-10H,11-12H2,1-4H3,(H,24,29)(H,25,30). The minimum atomic E-state index is -0.412. The molecule has 0 aliphatic rings. The number of aromatic nitrogens is 3. The van der Waals surface area contributed by atoms with Crippen LogP contribution in [0, 0.1) is 26.6 Å². The van der Waals surface area contributed by atoms with E-state index in [4.69, 9.17) is 0 Å². The molecule has 3 aromatic rings. The lowest BCUT2D eigenvalue weighted by Crippen LogP contribution is -2.17. The predicted octanol–water partition coefficient (Wildman–Crippen LogP) is 3.79. The maximum absolute atomic E-state index is 13.4. The molecule has 1 aromatic heterocycles. The number of nitrogens with zero attached hydrogens (tertiary/aromatic N) is 3. The number of anilines is 2. The molecule has 162 valence electrons. The zero-order chi connectivity index (χ0) is 22.5. The van der Waals surface area contributed by atoms with Crippen LogP contribution >= 0.6 is 11.8 Å². The largest absolute Gasteiger partial charge is 0.326 e. The van der Waals surface area contributed by atoms with Gasteiger partial charge in [-0.1, -0.05) is 23.9 Å². The molecule has 0 fully saturated rings. The fraction of sp³-hybridized carbons (Fsp3) is 0.273. The molecule has 0 bridgehead atoms. The van der Waals surface area contributed by atoms with Crippen LogP contribution in [0.1, 0.15) is 22.5 Å². The van der Waals surface area contributed by atoms with Crippen molar-refractivity contribution in [2.24, 2.45) is 7.05 Å². The second-order valence-electron chi connectivity index (χ2n) is 7.28. The second kappa shape index (κ2) is 9.74. The molecule has 0 spiro atoms. The Kier molecular flexibility index (Phi) is 7.06. The summed E-state index contributed by atoms with van der Waals surface area (Å²) in [7, 11) is 1.75. The summed E-state index contributed by atoms with van der Waals surface area (Å²) >= 11 is 1.19. The van der Waals surface area contributed by atoms with Crippen molar-refractivity contribution in [2.45, 2.75) is 32.3 Å². The molecule has 0 unspecified atom stereocenters. The molecule has 2 N–H and O–H groups in total. The van der Waals surface area contributed by atoms with Crippen LogP contribution in [0.4, 0.5) is 15.8 Å². The van der Waals surface area contributed by atoms with Gasteiger partial charge in [0.05, 0.1) is 12.2 Å². The molecule has 3 rings (SSSR count). The van der Waals surface area contributed by atoms with Gasteiger partial charge in [0, 0.05) is 18.4 Å². The fourth-order valence-corrected chi connectivity index (χ4v) is 3.57. The summed E-state index contributed by atoms with van der Waals surface area (Å²) in [5, 5.41) is 14.2. The van der Waals surface area contributed by atoms with Crippen LogP contribution in [0.15, 0.2) is 41.6 Å². The third-order valence-electron chi connectivity index (χ3n) is 4.84. The molecule has 0 radical (unpaired) electrons. The van der Waals surface area contributed by atoms with Crippen LogP contribution in [0.25, 0.3) is 0 Å². The zero-order valence-electron chi connectivity index (χ0n) is 17.8. The van der Waals surface area contributed by atoms with Gasteiger partial charge in [-0.3, -0.25) is 9.59 Å². The first-order chi connectivity index (χ1) is 14.7. The van der Waals surface area contributed by atoms with Gasteiger partial charge in [-0.05, 0) is 61.7 Å². The second-order valence-corrected chi connectivity index (χ2v) is 8.22. The normalized spacial score (nSPS) is 10.7. The van der Waals surface area contributed by atoms with Gasteiger partial charge >= 0.3 is 0 Å². The van der Waals surface area contributed by atoms with E-state index >= 15 is 0 Å². The maximum atomic E-state index is 13.4. The maximum Gasteiger partial charge on any atom is 0.234 e. The van der Waals surface area contributed by atoms with Crippen LogP contribution < -0.4 is 10.6 Å². The first-order valence-corrected chi connectivity index (χ1v) is 10.7. The summed E-state index contributed by atoms with van der Waals surface area (Å²) < 4.78 is 15.1. The molecular formula is C22H24FN5O2S. The highest BCUT2D eigenvalue weighted by Gasteiger charge is 2.15. The van der Waals surface area contributed by atoms with Gasteiger partial charge in [0.1, 0.15) is 11.6 Å². The number of halogens is 1. The Morgan fingerprint density at radius 3 is 2.45 bits per heavy atom. The quantitative estimate of drug-likeness (QED) is 0.545. The van der Waals surface area contributed by atoms with Crippen molar-refractivity contribution >= 4 is 35.0 Å². The number of hydrogen-bond acceptors (Lipinski definition) is 5. The molecular weight excluding hydrogens is 417 g/mol. The van der Waals surface area contributed by atoms with Gasteiger partial charge < -0.3 is 15.2 Å². The van der Waals surface area contributed by atoms with Crippen LogP contribution in [0.5, 0.6) is 0 Å². The number of benzene rings is 2. The average Bonchev–Trinajstić information content (AvgIpc) is 3.05. The average molecular weight is 442 g/mol. The van der Waals surface area contributed by atoms with Gasteiger partial charge in [0.25, 0.3) is 0 Å². The number of rotatable bonds is 7. The van der Waals surface area contributed by atoms with Crippen LogP contribution in [0.2, 0.25) is 0 Å². The highest BCUT2D eigenvalue weighted by Crippen LogP contribution is 2.20. The van der Waals surface area contributed by atoms with Crippen molar-refractivity contribution < 1.29 is 14.0 Å². The van der Waals surface area contributed by atoms with Crippen molar-refractivity contribution in [1.29, 1.82) is 0 Å². The van der Waals surface area contributed by atoms with Crippen molar-refractivity contribution in [1.82, 2.24) is 14.8 Å². The molecule has 2 aromatic carbocycles. The highest BCUT2D eigenvalue weighted by atomic mass is 32.2. The molecule has 9 heteroatoms. The number of aryl methyl sites for hydroxylation is 3. The summed E-state index contributed by atoms with van der Waals surface area (Å²) in [5.41, 5.74) is 4.20. The molecule has 0 saturated heterocycles. The lowest BCUT2D eigenvalue weighted by atomic mass is 10.1. The summed E-state index contributed by atoms with van der Waals surface area (Å²) in [5.74, 6) is -0.322. The van der Waals surface area contributed by atoms with E-state index in [1.807, 2.05) is 32.0 Å². The number of hydrogen-bond donors (Lipinski definition) is 2. The Morgan fingerprint density at radius 2 is 1.71 bits per heavy atom. The number of amides is 2. The molecule has 7 nitrogen and oxygen atoms in total. The van der Waals surface area contributed by atoms with E-state index in [1.54, 1.807) is 24.6 Å². The summed E-state index contributed by atoms with van der Waals surface area (Å²) in [4.78, 5) is 24.6. The van der Waals surface area contributed by atoms with Gasteiger partial charge in [-0.25, -0.2) is 4.39 Å². The Hall–Kier alpha value is -3.20. The van der Waals surface area contributed by atoms with Crippen molar-refractivity contribution in [3.8, 4) is 0 Å². The van der Waals surface area contributed by atoms with E-state index in [-0.39, 0.29) is 24.0 Å². The molecule has 0 aliphatic carbocycles. The van der Waals surface area contributed by atoms with Crippen LogP contribution in [0.3, 0.4) is 0 Å². The highest BCUT2D eigenvalue weighted by molar-refractivity contribution is 7.99. The first-order valence-electron chi connectivity index (χ1n) is 9.67. The monoisotopic (exact) mass is 441 g/mol. The van der Waals surface area contributed by atoms with E-state index in [2.05, 4.69) is 20.8 Å². The van der Waals surface area contributed by atoms with E-state index in [1.165, 1.54) is 23.9 Å². The Labute approximate surface area is 184 Å². The Bertz CT molecular complexity index is 1130. The number of nitrogens with one attached hydrogen (secondary N) is 2. The first kappa shape index (κ1) is 22.5. The molecule has 1 heterocycles. The van der Waals surface area contributed by atoms with E-state index in [9.17, 15) is 14.0 Å². The summed E-state index contributed by atoms with van der Waals surface area (Å²) in [6, 6.07) is 9.97. The summed E-state index contributed by atoms with van der Waals surface area (Å²) in [6.45, 7) is 5.79. The third kappa shape index (κ3) is 5.91. The SMILES string of the molecule is Cc1ccc(NC(=O)Cc2nnc(SCC(=O)Nc3cc(F)ccc3C)n2C)cc1C. The molecule has 31 heavy (non-hydrogen) atoms. The molecule has 0 atom stereocenters. The van der Waals surface area contributed by atoms with Crippen molar-refractivity contribution in [3.63, 3.8) is 0 Å². The molecule has 0 aliphatic heterocycles. The van der Waals surface area contributed by atoms with E-state index in [0.29, 0.717) is 16.7 Å². The fourth-order valence-electron chi connectivity index (χ4n) is 2.84. The van der Waals surface area contributed by atoms with E-state index in [0.717, 1.165) is 22.4 Å². The lowest BCUT2D eigenvalue weighted by molar-refractivity contribution is -0.116. The van der Waals surface area contributed by atoms with Crippen molar-refractivity contribution in [2.75, 3.05) is 16.4 Å². The zero-order valence-corrected chi connectivity index (χ0v) is 18.6. The predicted molar refractivity (Wildman–Crippen MR) is 120 cm³/mol. The van der Waals surface area contributed by atoms with Gasteiger partial charge in [-0.15, -0.1) is 10.2 Å². The van der Waals surface area contributed by atoms with Crippen LogP contribution in [-0.2, 0) is 23.1 Å². The number of carbonyl (C=O) groups is 2. The number of carbonyl (C=O) groups excluding carboxylic acids is 2. The minimum Gasteiger partial charge on any atom is -0.326 e. The van der Waals surface area contributed by atoms with Gasteiger partial charge in [0.2, 0.25) is 11.8 Å².